The fourth-order valence-corrected chi connectivity index (χ4v) is 2.40. The van der Waals surface area contributed by atoms with Crippen molar-refractivity contribution in [3.8, 4) is 0 Å². The summed E-state index contributed by atoms with van der Waals surface area (Å²) in [5.74, 6) is 1.35. The van der Waals surface area contributed by atoms with Gasteiger partial charge in [-0.05, 0) is 43.3 Å². The molecular formula is C18H15BrN4O. The summed E-state index contributed by atoms with van der Waals surface area (Å²) in [6.07, 6.45) is 1.48. The van der Waals surface area contributed by atoms with Gasteiger partial charge in [-0.1, -0.05) is 28.1 Å². The summed E-state index contributed by atoms with van der Waals surface area (Å²) >= 11 is 3.41. The number of carbonyl (C=O) groups is 1. The average Bonchev–Trinajstić information content (AvgIpc) is 2.57. The molecule has 0 aliphatic heterocycles. The van der Waals surface area contributed by atoms with Crippen LogP contribution in [-0.2, 0) is 0 Å². The van der Waals surface area contributed by atoms with Crippen molar-refractivity contribution in [2.24, 2.45) is 0 Å². The quantitative estimate of drug-likeness (QED) is 0.612. The molecule has 3 aromatic rings. The van der Waals surface area contributed by atoms with Crippen LogP contribution in [0, 0.1) is 0 Å². The van der Waals surface area contributed by atoms with E-state index >= 15 is 0 Å². The second kappa shape index (κ2) is 7.23. The molecule has 0 saturated carbocycles. The summed E-state index contributed by atoms with van der Waals surface area (Å²) in [6, 6.07) is 16.9. The highest BCUT2D eigenvalue weighted by Crippen LogP contribution is 2.21. The topological polar surface area (TPSA) is 66.9 Å². The van der Waals surface area contributed by atoms with Gasteiger partial charge in [-0.2, -0.15) is 0 Å². The summed E-state index contributed by atoms with van der Waals surface area (Å²) in [5.41, 5.74) is 2.39. The van der Waals surface area contributed by atoms with Crippen LogP contribution in [0.3, 0.4) is 0 Å². The van der Waals surface area contributed by atoms with E-state index < -0.39 is 0 Å². The lowest BCUT2D eigenvalue weighted by Crippen LogP contribution is -1.99. The second-order valence-electron chi connectivity index (χ2n) is 5.18. The van der Waals surface area contributed by atoms with Gasteiger partial charge in [0.05, 0.1) is 0 Å². The van der Waals surface area contributed by atoms with Crippen molar-refractivity contribution in [2.45, 2.75) is 6.92 Å². The van der Waals surface area contributed by atoms with Gasteiger partial charge >= 0.3 is 0 Å². The number of hydrogen-bond donors (Lipinski definition) is 2. The highest BCUT2D eigenvalue weighted by molar-refractivity contribution is 9.10. The van der Waals surface area contributed by atoms with Crippen molar-refractivity contribution < 1.29 is 4.79 Å². The minimum atomic E-state index is 0.0268. The van der Waals surface area contributed by atoms with E-state index in [0.29, 0.717) is 17.2 Å². The van der Waals surface area contributed by atoms with Crippen LogP contribution in [0.25, 0.3) is 0 Å². The van der Waals surface area contributed by atoms with Crippen LogP contribution in [0.4, 0.5) is 23.0 Å². The fraction of sp³-hybridized carbons (Fsp3) is 0.0556. The molecule has 0 aliphatic carbocycles. The molecule has 0 aliphatic rings. The van der Waals surface area contributed by atoms with Crippen LogP contribution < -0.4 is 10.6 Å². The lowest BCUT2D eigenvalue weighted by molar-refractivity contribution is 0.101. The zero-order valence-electron chi connectivity index (χ0n) is 13.0. The first kappa shape index (κ1) is 16.1. The third-order valence-corrected chi connectivity index (χ3v) is 3.85. The number of rotatable bonds is 5. The molecule has 1 heterocycles. The molecule has 1 aromatic heterocycles. The first-order valence-electron chi connectivity index (χ1n) is 7.33. The Kier molecular flexibility index (Phi) is 4.86. The minimum Gasteiger partial charge on any atom is -0.340 e. The molecule has 0 bridgehead atoms. The Hall–Kier alpha value is -2.73. The van der Waals surface area contributed by atoms with E-state index in [1.54, 1.807) is 19.1 Å². The Balaban J connectivity index is 1.76. The van der Waals surface area contributed by atoms with E-state index in [-0.39, 0.29) is 5.78 Å². The van der Waals surface area contributed by atoms with Crippen LogP contribution in [0.1, 0.15) is 17.3 Å². The predicted molar refractivity (Wildman–Crippen MR) is 99.2 cm³/mol. The Morgan fingerprint density at radius 1 is 0.917 bits per heavy atom. The van der Waals surface area contributed by atoms with Gasteiger partial charge in [0, 0.05) is 27.5 Å². The standard InChI is InChI=1S/C18H15BrN4O/c1-12(24)13-3-2-4-16(9-13)23-18-10-17(20-11-21-18)22-15-7-5-14(19)6-8-15/h2-11H,1H3,(H2,20,21,22,23). The van der Waals surface area contributed by atoms with Gasteiger partial charge in [0.25, 0.3) is 0 Å². The maximum absolute atomic E-state index is 11.5. The van der Waals surface area contributed by atoms with Crippen LogP contribution in [0.5, 0.6) is 0 Å². The molecule has 0 atom stereocenters. The minimum absolute atomic E-state index is 0.0268. The molecule has 5 nitrogen and oxygen atoms in total. The van der Waals surface area contributed by atoms with E-state index in [9.17, 15) is 4.79 Å². The Morgan fingerprint density at radius 2 is 1.58 bits per heavy atom. The number of Topliss-reactive ketones (excluding diaryl/α,β-unsaturated/α-hetero) is 1. The van der Waals surface area contributed by atoms with Crippen molar-refractivity contribution in [1.82, 2.24) is 9.97 Å². The molecule has 0 spiro atoms. The number of benzene rings is 2. The van der Waals surface area contributed by atoms with Gasteiger partial charge in [0.1, 0.15) is 18.0 Å². The number of ketones is 1. The maximum atomic E-state index is 11.5. The first-order chi connectivity index (χ1) is 11.6. The molecule has 2 N–H and O–H groups in total. The lowest BCUT2D eigenvalue weighted by atomic mass is 10.1. The van der Waals surface area contributed by atoms with Gasteiger partial charge in [-0.3, -0.25) is 4.79 Å². The van der Waals surface area contributed by atoms with Crippen molar-refractivity contribution in [2.75, 3.05) is 10.6 Å². The Bertz CT molecular complexity index is 865. The summed E-state index contributed by atoms with van der Waals surface area (Å²) in [5, 5.41) is 6.40. The molecule has 2 aromatic carbocycles. The van der Waals surface area contributed by atoms with Crippen molar-refractivity contribution in [3.05, 3.63) is 71.0 Å². The monoisotopic (exact) mass is 382 g/mol. The number of carbonyl (C=O) groups excluding carboxylic acids is 1. The molecule has 24 heavy (non-hydrogen) atoms. The van der Waals surface area contributed by atoms with Gasteiger partial charge < -0.3 is 10.6 Å². The molecule has 6 heteroatoms. The van der Waals surface area contributed by atoms with Gasteiger partial charge in [0.2, 0.25) is 0 Å². The van der Waals surface area contributed by atoms with Gasteiger partial charge in [-0.15, -0.1) is 0 Å². The van der Waals surface area contributed by atoms with Crippen molar-refractivity contribution in [1.29, 1.82) is 0 Å². The summed E-state index contributed by atoms with van der Waals surface area (Å²) in [6.45, 7) is 1.55. The SMILES string of the molecule is CC(=O)c1cccc(Nc2cc(Nc3ccc(Br)cc3)ncn2)c1. The predicted octanol–water partition coefficient (Wildman–Crippen LogP) is 4.93. The van der Waals surface area contributed by atoms with E-state index in [1.165, 1.54) is 6.33 Å². The zero-order valence-corrected chi connectivity index (χ0v) is 14.5. The third-order valence-electron chi connectivity index (χ3n) is 3.33. The van der Waals surface area contributed by atoms with Crippen LogP contribution in [-0.4, -0.2) is 15.8 Å². The number of nitrogens with zero attached hydrogens (tertiary/aromatic N) is 2. The highest BCUT2D eigenvalue weighted by Gasteiger charge is 2.03. The number of anilines is 4. The Labute approximate surface area is 148 Å². The molecule has 0 amide bonds. The average molecular weight is 383 g/mol. The molecule has 0 radical (unpaired) electrons. The number of halogens is 1. The number of hydrogen-bond acceptors (Lipinski definition) is 5. The number of aromatic nitrogens is 2. The summed E-state index contributed by atoms with van der Waals surface area (Å²) in [4.78, 5) is 19.9. The molecule has 120 valence electrons. The largest absolute Gasteiger partial charge is 0.340 e. The number of nitrogens with one attached hydrogen (secondary N) is 2. The van der Waals surface area contributed by atoms with Crippen molar-refractivity contribution >= 4 is 44.7 Å². The normalized spacial score (nSPS) is 10.2. The van der Waals surface area contributed by atoms with Gasteiger partial charge in [0.15, 0.2) is 5.78 Å². The van der Waals surface area contributed by atoms with E-state index in [1.807, 2.05) is 42.5 Å². The lowest BCUT2D eigenvalue weighted by Gasteiger charge is -2.09. The van der Waals surface area contributed by atoms with Crippen molar-refractivity contribution in [3.63, 3.8) is 0 Å². The molecule has 3 rings (SSSR count). The van der Waals surface area contributed by atoms with Crippen LogP contribution >= 0.6 is 15.9 Å². The molecule has 0 fully saturated rings. The van der Waals surface area contributed by atoms with Crippen LogP contribution in [0.2, 0.25) is 0 Å². The summed E-state index contributed by atoms with van der Waals surface area (Å²) < 4.78 is 1.02. The van der Waals surface area contributed by atoms with E-state index in [0.717, 1.165) is 15.8 Å². The summed E-state index contributed by atoms with van der Waals surface area (Å²) in [7, 11) is 0. The third kappa shape index (κ3) is 4.17. The van der Waals surface area contributed by atoms with Crippen LogP contribution in [0.15, 0.2) is 65.4 Å². The smallest absolute Gasteiger partial charge is 0.159 e. The molecular weight excluding hydrogens is 368 g/mol. The van der Waals surface area contributed by atoms with E-state index in [2.05, 4.69) is 36.5 Å². The molecule has 0 unspecified atom stereocenters. The Morgan fingerprint density at radius 3 is 2.25 bits per heavy atom. The van der Waals surface area contributed by atoms with Gasteiger partial charge in [-0.25, -0.2) is 9.97 Å². The maximum Gasteiger partial charge on any atom is 0.159 e. The first-order valence-corrected chi connectivity index (χ1v) is 8.12. The second-order valence-corrected chi connectivity index (χ2v) is 6.10. The fourth-order valence-electron chi connectivity index (χ4n) is 2.14. The molecule has 0 saturated heterocycles. The zero-order chi connectivity index (χ0) is 16.9. The highest BCUT2D eigenvalue weighted by atomic mass is 79.9. The van der Waals surface area contributed by atoms with E-state index in [4.69, 9.17) is 0 Å².